The van der Waals surface area contributed by atoms with Gasteiger partial charge in [0.1, 0.15) is 0 Å². The summed E-state index contributed by atoms with van der Waals surface area (Å²) in [5, 5.41) is 16.2. The molecule has 6 heteroatoms. The molecule has 0 unspecified atom stereocenters. The molecule has 1 aromatic rings. The Morgan fingerprint density at radius 2 is 2.27 bits per heavy atom. The number of hydrogen-bond donors (Lipinski definition) is 2. The lowest BCUT2D eigenvalue weighted by Crippen LogP contribution is -2.13. The lowest BCUT2D eigenvalue weighted by molar-refractivity contribution is 0.0689. The Hall–Kier alpha value is -1.43. The lowest BCUT2D eigenvalue weighted by atomic mass is 10.1. The highest BCUT2D eigenvalue weighted by atomic mass is 16.4. The fourth-order valence-electron chi connectivity index (χ4n) is 1.26. The SMILES string of the molecule is CC(C)CCn1nnc(C(=O)O)c1CN. The van der Waals surface area contributed by atoms with E-state index in [4.69, 9.17) is 10.8 Å². The molecule has 0 fully saturated rings. The number of rotatable bonds is 5. The maximum Gasteiger partial charge on any atom is 0.358 e. The summed E-state index contributed by atoms with van der Waals surface area (Å²) < 4.78 is 1.57. The number of hydrogen-bond acceptors (Lipinski definition) is 4. The van der Waals surface area contributed by atoms with Crippen LogP contribution in [0.5, 0.6) is 0 Å². The third-order valence-corrected chi connectivity index (χ3v) is 2.15. The second-order valence-electron chi connectivity index (χ2n) is 3.80. The van der Waals surface area contributed by atoms with E-state index in [1.807, 2.05) is 0 Å². The Bertz CT molecular complexity index is 346. The highest BCUT2D eigenvalue weighted by Crippen LogP contribution is 2.08. The Morgan fingerprint density at radius 3 is 2.73 bits per heavy atom. The van der Waals surface area contributed by atoms with Crippen LogP contribution in [-0.2, 0) is 13.1 Å². The van der Waals surface area contributed by atoms with E-state index in [1.165, 1.54) is 0 Å². The predicted molar refractivity (Wildman–Crippen MR) is 54.3 cm³/mol. The molecular weight excluding hydrogens is 196 g/mol. The minimum Gasteiger partial charge on any atom is -0.476 e. The topological polar surface area (TPSA) is 94.0 Å². The number of carbonyl (C=O) groups is 1. The first-order valence-corrected chi connectivity index (χ1v) is 4.92. The molecular formula is C9H16N4O2. The Balaban J connectivity index is 2.84. The number of aromatic nitrogens is 3. The second-order valence-corrected chi connectivity index (χ2v) is 3.80. The molecule has 84 valence electrons. The highest BCUT2D eigenvalue weighted by Gasteiger charge is 2.17. The van der Waals surface area contributed by atoms with Gasteiger partial charge in [-0.2, -0.15) is 0 Å². The standard InChI is InChI=1S/C9H16N4O2/c1-6(2)3-4-13-7(5-10)8(9(14)15)11-12-13/h6H,3-5,10H2,1-2H3,(H,14,15). The molecule has 0 atom stereocenters. The summed E-state index contributed by atoms with van der Waals surface area (Å²) in [6.07, 6.45) is 0.926. The van der Waals surface area contributed by atoms with E-state index in [0.29, 0.717) is 18.2 Å². The largest absolute Gasteiger partial charge is 0.476 e. The molecule has 1 rings (SSSR count). The molecule has 0 aliphatic carbocycles. The minimum atomic E-state index is -1.08. The third kappa shape index (κ3) is 2.76. The Morgan fingerprint density at radius 1 is 1.60 bits per heavy atom. The number of aromatic carboxylic acids is 1. The van der Waals surface area contributed by atoms with Gasteiger partial charge in [0.25, 0.3) is 0 Å². The molecule has 0 amide bonds. The number of aryl methyl sites for hydroxylation is 1. The van der Waals surface area contributed by atoms with Gasteiger partial charge in [0.2, 0.25) is 0 Å². The molecule has 1 heterocycles. The van der Waals surface area contributed by atoms with E-state index in [2.05, 4.69) is 24.2 Å². The molecule has 0 saturated carbocycles. The summed E-state index contributed by atoms with van der Waals surface area (Å²) in [6.45, 7) is 4.99. The average Bonchev–Trinajstić information content (AvgIpc) is 2.57. The van der Waals surface area contributed by atoms with Crippen molar-refractivity contribution in [1.29, 1.82) is 0 Å². The van der Waals surface area contributed by atoms with E-state index in [-0.39, 0.29) is 12.2 Å². The first-order chi connectivity index (χ1) is 7.06. The van der Waals surface area contributed by atoms with Gasteiger partial charge >= 0.3 is 5.97 Å². The number of carboxylic acids is 1. The van der Waals surface area contributed by atoms with Gasteiger partial charge in [-0.15, -0.1) is 5.10 Å². The number of nitrogens with zero attached hydrogens (tertiary/aromatic N) is 3. The van der Waals surface area contributed by atoms with E-state index < -0.39 is 5.97 Å². The summed E-state index contributed by atoms with van der Waals surface area (Å²) in [7, 11) is 0. The molecule has 0 radical (unpaired) electrons. The van der Waals surface area contributed by atoms with E-state index in [1.54, 1.807) is 4.68 Å². The normalized spacial score (nSPS) is 10.9. The van der Waals surface area contributed by atoms with Gasteiger partial charge in [-0.25, -0.2) is 9.48 Å². The molecule has 6 nitrogen and oxygen atoms in total. The summed E-state index contributed by atoms with van der Waals surface area (Å²) in [5.41, 5.74) is 5.92. The molecule has 1 aromatic heterocycles. The van der Waals surface area contributed by atoms with Crippen LogP contribution in [0.1, 0.15) is 36.5 Å². The maximum atomic E-state index is 10.8. The molecule has 0 aliphatic heterocycles. The highest BCUT2D eigenvalue weighted by molar-refractivity contribution is 5.86. The Labute approximate surface area is 88.1 Å². The van der Waals surface area contributed by atoms with Crippen molar-refractivity contribution < 1.29 is 9.90 Å². The summed E-state index contributed by atoms with van der Waals surface area (Å²) in [4.78, 5) is 10.8. The van der Waals surface area contributed by atoms with E-state index >= 15 is 0 Å². The zero-order chi connectivity index (χ0) is 11.4. The zero-order valence-corrected chi connectivity index (χ0v) is 8.97. The van der Waals surface area contributed by atoms with Crippen molar-refractivity contribution >= 4 is 5.97 Å². The van der Waals surface area contributed by atoms with Crippen LogP contribution in [0.15, 0.2) is 0 Å². The zero-order valence-electron chi connectivity index (χ0n) is 8.97. The molecule has 15 heavy (non-hydrogen) atoms. The lowest BCUT2D eigenvalue weighted by Gasteiger charge is -2.06. The van der Waals surface area contributed by atoms with Crippen molar-refractivity contribution in [2.45, 2.75) is 33.4 Å². The van der Waals surface area contributed by atoms with Crippen molar-refractivity contribution in [3.05, 3.63) is 11.4 Å². The first-order valence-electron chi connectivity index (χ1n) is 4.92. The van der Waals surface area contributed by atoms with Crippen LogP contribution in [0, 0.1) is 5.92 Å². The first kappa shape index (κ1) is 11.6. The minimum absolute atomic E-state index is 0.0405. The quantitative estimate of drug-likeness (QED) is 0.740. The van der Waals surface area contributed by atoms with Crippen LogP contribution >= 0.6 is 0 Å². The van der Waals surface area contributed by atoms with Crippen LogP contribution in [0.4, 0.5) is 0 Å². The molecule has 3 N–H and O–H groups in total. The second kappa shape index (κ2) is 4.88. The van der Waals surface area contributed by atoms with Gasteiger partial charge in [0, 0.05) is 13.1 Å². The maximum absolute atomic E-state index is 10.8. The van der Waals surface area contributed by atoms with Gasteiger partial charge in [0.15, 0.2) is 5.69 Å². The number of carboxylic acid groups (broad SMARTS) is 1. The van der Waals surface area contributed by atoms with Crippen molar-refractivity contribution in [3.8, 4) is 0 Å². The van der Waals surface area contributed by atoms with Crippen molar-refractivity contribution in [2.75, 3.05) is 0 Å². The predicted octanol–water partition coefficient (Wildman–Crippen LogP) is 0.481. The smallest absolute Gasteiger partial charge is 0.358 e. The van der Waals surface area contributed by atoms with Crippen LogP contribution in [0.2, 0.25) is 0 Å². The van der Waals surface area contributed by atoms with Gasteiger partial charge in [-0.3, -0.25) is 0 Å². The van der Waals surface area contributed by atoms with Gasteiger partial charge in [0.05, 0.1) is 5.69 Å². The molecule has 0 bridgehead atoms. The van der Waals surface area contributed by atoms with Gasteiger partial charge in [-0.05, 0) is 12.3 Å². The monoisotopic (exact) mass is 212 g/mol. The number of nitrogens with two attached hydrogens (primary N) is 1. The van der Waals surface area contributed by atoms with Crippen LogP contribution < -0.4 is 5.73 Å². The van der Waals surface area contributed by atoms with Crippen LogP contribution in [0.3, 0.4) is 0 Å². The van der Waals surface area contributed by atoms with Gasteiger partial charge in [-0.1, -0.05) is 19.1 Å². The van der Waals surface area contributed by atoms with Gasteiger partial charge < -0.3 is 10.8 Å². The summed E-state index contributed by atoms with van der Waals surface area (Å²) in [6, 6.07) is 0. The fraction of sp³-hybridized carbons (Fsp3) is 0.667. The van der Waals surface area contributed by atoms with E-state index in [0.717, 1.165) is 6.42 Å². The molecule has 0 aliphatic rings. The van der Waals surface area contributed by atoms with Crippen molar-refractivity contribution in [3.63, 3.8) is 0 Å². The summed E-state index contributed by atoms with van der Waals surface area (Å²) >= 11 is 0. The van der Waals surface area contributed by atoms with Crippen molar-refractivity contribution in [2.24, 2.45) is 11.7 Å². The van der Waals surface area contributed by atoms with Crippen LogP contribution in [-0.4, -0.2) is 26.1 Å². The Kier molecular flexibility index (Phi) is 3.79. The molecule has 0 aromatic carbocycles. The molecule has 0 spiro atoms. The van der Waals surface area contributed by atoms with Crippen LogP contribution in [0.25, 0.3) is 0 Å². The average molecular weight is 212 g/mol. The third-order valence-electron chi connectivity index (χ3n) is 2.15. The van der Waals surface area contributed by atoms with E-state index in [9.17, 15) is 4.79 Å². The summed E-state index contributed by atoms with van der Waals surface area (Å²) in [5.74, 6) is -0.542. The fourth-order valence-corrected chi connectivity index (χ4v) is 1.26. The van der Waals surface area contributed by atoms with Crippen molar-refractivity contribution in [1.82, 2.24) is 15.0 Å². The molecule has 0 saturated heterocycles.